The van der Waals surface area contributed by atoms with Crippen molar-refractivity contribution in [3.05, 3.63) is 95.1 Å². The molecule has 1 heterocycles. The van der Waals surface area contributed by atoms with Gasteiger partial charge in [0.1, 0.15) is 6.04 Å². The summed E-state index contributed by atoms with van der Waals surface area (Å²) in [6.07, 6.45) is 3.94. The standard InChI is InChI=1S/C32H35NO6/c1-37-28-17-16-24-21-33(31(34)29(23-12-6-3-7-13-23)39-25-14-8-9-15-25)27(32(35)36)20-26(24)30(28)38-19-18-22-10-4-2-5-11-22/h2-7,10-13,16-17,25,27,29H,8-9,14-15,18-21H2,1H3,(H,35,36)/t27-,29+/m1/s1. The molecule has 2 aliphatic rings. The normalized spacial score (nSPS) is 17.9. The van der Waals surface area contributed by atoms with Crippen molar-refractivity contribution in [1.82, 2.24) is 4.90 Å². The van der Waals surface area contributed by atoms with E-state index in [0.717, 1.165) is 47.9 Å². The van der Waals surface area contributed by atoms with E-state index < -0.39 is 18.1 Å². The summed E-state index contributed by atoms with van der Waals surface area (Å²) in [5.41, 5.74) is 3.51. The second-order valence-corrected chi connectivity index (χ2v) is 10.2. The third-order valence-electron chi connectivity index (χ3n) is 7.66. The highest BCUT2D eigenvalue weighted by Crippen LogP contribution is 2.40. The molecule has 0 unspecified atom stereocenters. The van der Waals surface area contributed by atoms with E-state index in [-0.39, 0.29) is 25.0 Å². The van der Waals surface area contributed by atoms with Crippen molar-refractivity contribution in [2.45, 2.75) is 63.3 Å². The van der Waals surface area contributed by atoms with Crippen LogP contribution in [-0.2, 0) is 33.7 Å². The minimum atomic E-state index is -1.06. The van der Waals surface area contributed by atoms with E-state index in [1.54, 1.807) is 7.11 Å². The van der Waals surface area contributed by atoms with Crippen molar-refractivity contribution in [2.24, 2.45) is 0 Å². The molecule has 1 aliphatic heterocycles. The molecule has 1 saturated carbocycles. The van der Waals surface area contributed by atoms with Crippen LogP contribution in [0.2, 0.25) is 0 Å². The number of carbonyl (C=O) groups is 2. The molecule has 1 amide bonds. The molecule has 204 valence electrons. The Kier molecular flexibility index (Phi) is 8.47. The summed E-state index contributed by atoms with van der Waals surface area (Å²) in [4.78, 5) is 28.0. The first-order valence-electron chi connectivity index (χ1n) is 13.6. The minimum Gasteiger partial charge on any atom is -0.493 e. The lowest BCUT2D eigenvalue weighted by atomic mass is 9.91. The number of benzene rings is 3. The lowest BCUT2D eigenvalue weighted by Gasteiger charge is -2.37. The van der Waals surface area contributed by atoms with Gasteiger partial charge in [-0.2, -0.15) is 0 Å². The molecular weight excluding hydrogens is 494 g/mol. The van der Waals surface area contributed by atoms with Crippen LogP contribution in [0.1, 0.15) is 54.0 Å². The lowest BCUT2D eigenvalue weighted by molar-refractivity contribution is -0.160. The molecule has 39 heavy (non-hydrogen) atoms. The van der Waals surface area contributed by atoms with Crippen molar-refractivity contribution in [3.63, 3.8) is 0 Å². The molecule has 1 aliphatic carbocycles. The number of rotatable bonds is 10. The summed E-state index contributed by atoms with van der Waals surface area (Å²) in [5, 5.41) is 10.3. The highest BCUT2D eigenvalue weighted by molar-refractivity contribution is 5.88. The zero-order valence-electron chi connectivity index (χ0n) is 22.3. The van der Waals surface area contributed by atoms with Gasteiger partial charge in [-0.3, -0.25) is 4.79 Å². The molecule has 7 heteroatoms. The van der Waals surface area contributed by atoms with Gasteiger partial charge in [-0.25, -0.2) is 4.79 Å². The fourth-order valence-corrected chi connectivity index (χ4v) is 5.58. The number of aliphatic carboxylic acids is 1. The molecule has 1 N–H and O–H groups in total. The van der Waals surface area contributed by atoms with Gasteiger partial charge >= 0.3 is 5.97 Å². The summed E-state index contributed by atoms with van der Waals surface area (Å²) in [7, 11) is 1.57. The summed E-state index contributed by atoms with van der Waals surface area (Å²) in [5.74, 6) is -0.281. The van der Waals surface area contributed by atoms with E-state index in [9.17, 15) is 14.7 Å². The Morgan fingerprint density at radius 1 is 0.974 bits per heavy atom. The van der Waals surface area contributed by atoms with E-state index >= 15 is 0 Å². The number of nitrogens with zero attached hydrogens (tertiary/aromatic N) is 1. The summed E-state index contributed by atoms with van der Waals surface area (Å²) in [6.45, 7) is 0.573. The molecule has 3 aromatic carbocycles. The summed E-state index contributed by atoms with van der Waals surface area (Å²) >= 11 is 0. The predicted molar refractivity (Wildman–Crippen MR) is 147 cm³/mol. The van der Waals surface area contributed by atoms with Crippen LogP contribution in [0.5, 0.6) is 11.5 Å². The number of carboxylic acids is 1. The second kappa shape index (κ2) is 12.3. The third kappa shape index (κ3) is 6.09. The number of methoxy groups -OCH3 is 1. The number of carbonyl (C=O) groups excluding carboxylic acids is 1. The van der Waals surface area contributed by atoms with Crippen molar-refractivity contribution in [3.8, 4) is 11.5 Å². The number of hydrogen-bond acceptors (Lipinski definition) is 5. The highest BCUT2D eigenvalue weighted by atomic mass is 16.5. The van der Waals surface area contributed by atoms with E-state index in [1.165, 1.54) is 4.90 Å². The quantitative estimate of drug-likeness (QED) is 0.381. The van der Waals surface area contributed by atoms with E-state index in [0.29, 0.717) is 24.5 Å². The number of carboxylic acid groups (broad SMARTS) is 1. The van der Waals surface area contributed by atoms with Crippen LogP contribution in [-0.4, -0.2) is 47.7 Å². The van der Waals surface area contributed by atoms with E-state index in [2.05, 4.69) is 0 Å². The Morgan fingerprint density at radius 3 is 2.33 bits per heavy atom. The predicted octanol–water partition coefficient (Wildman–Crippen LogP) is 5.36. The van der Waals surface area contributed by atoms with Gasteiger partial charge in [-0.15, -0.1) is 0 Å². The maximum absolute atomic E-state index is 14.0. The largest absolute Gasteiger partial charge is 0.493 e. The first kappa shape index (κ1) is 26.8. The number of fused-ring (bicyclic) bond motifs is 1. The van der Waals surface area contributed by atoms with Crippen molar-refractivity contribution in [2.75, 3.05) is 13.7 Å². The molecule has 3 aromatic rings. The number of hydrogen-bond donors (Lipinski definition) is 1. The maximum atomic E-state index is 14.0. The smallest absolute Gasteiger partial charge is 0.326 e. The van der Waals surface area contributed by atoms with Gasteiger partial charge in [0.2, 0.25) is 0 Å². The van der Waals surface area contributed by atoms with Gasteiger partial charge < -0.3 is 24.2 Å². The van der Waals surface area contributed by atoms with Crippen molar-refractivity contribution >= 4 is 11.9 Å². The first-order chi connectivity index (χ1) is 19.0. The SMILES string of the molecule is COc1ccc2c(c1OCCc1ccccc1)C[C@H](C(=O)O)N(C(=O)[C@@H](OC1CCCC1)c1ccccc1)C2. The highest BCUT2D eigenvalue weighted by Gasteiger charge is 2.40. The van der Waals surface area contributed by atoms with Gasteiger partial charge in [-0.05, 0) is 35.6 Å². The summed E-state index contributed by atoms with van der Waals surface area (Å²) in [6, 6.07) is 22.1. The summed E-state index contributed by atoms with van der Waals surface area (Å²) < 4.78 is 18.2. The fourth-order valence-electron chi connectivity index (χ4n) is 5.58. The van der Waals surface area contributed by atoms with Gasteiger partial charge in [-0.1, -0.05) is 79.6 Å². The Balaban J connectivity index is 1.42. The van der Waals surface area contributed by atoms with Crippen LogP contribution in [0.15, 0.2) is 72.8 Å². The van der Waals surface area contributed by atoms with Crippen LogP contribution in [0.4, 0.5) is 0 Å². The topological polar surface area (TPSA) is 85.3 Å². The zero-order chi connectivity index (χ0) is 27.2. The molecule has 0 bridgehead atoms. The van der Waals surface area contributed by atoms with Crippen LogP contribution < -0.4 is 9.47 Å². The number of amides is 1. The Labute approximate surface area is 229 Å². The first-order valence-corrected chi connectivity index (χ1v) is 13.6. The average molecular weight is 530 g/mol. The third-order valence-corrected chi connectivity index (χ3v) is 7.66. The maximum Gasteiger partial charge on any atom is 0.326 e. The Bertz CT molecular complexity index is 1270. The number of ether oxygens (including phenoxy) is 3. The Hall–Kier alpha value is -3.84. The van der Waals surface area contributed by atoms with E-state index in [4.69, 9.17) is 14.2 Å². The molecule has 1 fully saturated rings. The van der Waals surface area contributed by atoms with Gasteiger partial charge in [0.15, 0.2) is 17.6 Å². The molecule has 7 nitrogen and oxygen atoms in total. The fraction of sp³-hybridized carbons (Fsp3) is 0.375. The van der Waals surface area contributed by atoms with E-state index in [1.807, 2.05) is 72.8 Å². The molecule has 0 aromatic heterocycles. The van der Waals surface area contributed by atoms with Crippen LogP contribution in [0.25, 0.3) is 0 Å². The molecule has 0 spiro atoms. The molecular formula is C32H35NO6. The van der Waals surface area contributed by atoms with Crippen molar-refractivity contribution < 1.29 is 28.9 Å². The van der Waals surface area contributed by atoms with Gasteiger partial charge in [0, 0.05) is 24.9 Å². The minimum absolute atomic E-state index is 0.00612. The van der Waals surface area contributed by atoms with Gasteiger partial charge in [0.05, 0.1) is 19.8 Å². The average Bonchev–Trinajstić information content (AvgIpc) is 3.49. The second-order valence-electron chi connectivity index (χ2n) is 10.2. The van der Waals surface area contributed by atoms with Crippen LogP contribution in [0.3, 0.4) is 0 Å². The van der Waals surface area contributed by atoms with Crippen LogP contribution >= 0.6 is 0 Å². The Morgan fingerprint density at radius 2 is 1.67 bits per heavy atom. The molecule has 0 saturated heterocycles. The molecule has 2 atom stereocenters. The van der Waals surface area contributed by atoms with Gasteiger partial charge in [0.25, 0.3) is 5.91 Å². The molecule has 0 radical (unpaired) electrons. The molecule has 5 rings (SSSR count). The van der Waals surface area contributed by atoms with Crippen molar-refractivity contribution in [1.29, 1.82) is 0 Å². The van der Waals surface area contributed by atoms with Crippen LogP contribution in [0, 0.1) is 0 Å². The lowest BCUT2D eigenvalue weighted by Crippen LogP contribution is -2.50. The zero-order valence-corrected chi connectivity index (χ0v) is 22.3. The monoisotopic (exact) mass is 529 g/mol.